The van der Waals surface area contributed by atoms with Crippen LogP contribution in [0.25, 0.3) is 11.5 Å². The Morgan fingerprint density at radius 3 is 2.42 bits per heavy atom. The van der Waals surface area contributed by atoms with Crippen LogP contribution in [0.5, 0.6) is 0 Å². The van der Waals surface area contributed by atoms with Gasteiger partial charge in [-0.1, -0.05) is 34.9 Å². The molecule has 2 aromatic carbocycles. The normalized spacial score (nSPS) is 10.4. The van der Waals surface area contributed by atoms with Gasteiger partial charge in [0, 0.05) is 21.7 Å². The Bertz CT molecular complexity index is 903. The van der Waals surface area contributed by atoms with Gasteiger partial charge in [0.1, 0.15) is 0 Å². The van der Waals surface area contributed by atoms with Crippen LogP contribution in [0.2, 0.25) is 5.02 Å². The fourth-order valence-electron chi connectivity index (χ4n) is 2.04. The maximum absolute atomic E-state index is 12.2. The lowest BCUT2D eigenvalue weighted by molar-refractivity contribution is 0.100. The van der Waals surface area contributed by atoms with E-state index in [1.807, 2.05) is 0 Å². The van der Waals surface area contributed by atoms with E-state index in [1.54, 1.807) is 48.5 Å². The third-order valence-electron chi connectivity index (χ3n) is 3.27. The van der Waals surface area contributed by atoms with E-state index in [9.17, 15) is 9.59 Å². The lowest BCUT2D eigenvalue weighted by Gasteiger charge is -2.01. The third kappa shape index (κ3) is 3.49. The highest BCUT2D eigenvalue weighted by Crippen LogP contribution is 2.23. The Labute approximate surface area is 142 Å². The summed E-state index contributed by atoms with van der Waals surface area (Å²) in [6.45, 7) is 1.46. The summed E-state index contributed by atoms with van der Waals surface area (Å²) in [5.74, 6) is -0.226. The highest BCUT2D eigenvalue weighted by Gasteiger charge is 2.13. The molecule has 1 N–H and O–H groups in total. The van der Waals surface area contributed by atoms with Gasteiger partial charge in [-0.3, -0.25) is 14.9 Å². The SMILES string of the molecule is CC(=O)c1ccc(C(=O)Nc2nnc(-c3cccc(Cl)c3)o2)cc1. The summed E-state index contributed by atoms with van der Waals surface area (Å²) in [6, 6.07) is 13.2. The van der Waals surface area contributed by atoms with Crippen molar-refractivity contribution in [3.8, 4) is 11.5 Å². The van der Waals surface area contributed by atoms with Crippen LogP contribution in [0.3, 0.4) is 0 Å². The molecule has 7 heteroatoms. The van der Waals surface area contributed by atoms with Crippen molar-refractivity contribution in [1.82, 2.24) is 10.2 Å². The van der Waals surface area contributed by atoms with E-state index in [4.69, 9.17) is 16.0 Å². The Hall–Kier alpha value is -2.99. The minimum atomic E-state index is -0.411. The molecule has 120 valence electrons. The molecule has 3 aromatic rings. The second-order valence-corrected chi connectivity index (χ2v) is 5.45. The van der Waals surface area contributed by atoms with E-state index in [0.29, 0.717) is 21.7 Å². The number of carbonyl (C=O) groups is 2. The van der Waals surface area contributed by atoms with Crippen molar-refractivity contribution >= 4 is 29.3 Å². The molecule has 0 bridgehead atoms. The maximum Gasteiger partial charge on any atom is 0.322 e. The van der Waals surface area contributed by atoms with Crippen LogP contribution in [0.1, 0.15) is 27.6 Å². The minimum absolute atomic E-state index is 0.0226. The largest absolute Gasteiger partial charge is 0.403 e. The van der Waals surface area contributed by atoms with Crippen molar-refractivity contribution < 1.29 is 14.0 Å². The molecule has 0 spiro atoms. The van der Waals surface area contributed by atoms with Gasteiger partial charge in [0.2, 0.25) is 5.89 Å². The van der Waals surface area contributed by atoms with Gasteiger partial charge >= 0.3 is 6.01 Å². The zero-order chi connectivity index (χ0) is 17.1. The monoisotopic (exact) mass is 341 g/mol. The molecule has 1 amide bonds. The smallest absolute Gasteiger partial charge is 0.322 e. The van der Waals surface area contributed by atoms with Crippen LogP contribution in [0.15, 0.2) is 52.9 Å². The summed E-state index contributed by atoms with van der Waals surface area (Å²) in [5.41, 5.74) is 1.57. The molecule has 6 nitrogen and oxygen atoms in total. The number of nitrogens with one attached hydrogen (secondary N) is 1. The quantitative estimate of drug-likeness (QED) is 0.728. The molecule has 0 aliphatic carbocycles. The molecule has 0 unspecified atom stereocenters. The summed E-state index contributed by atoms with van der Waals surface area (Å²) in [6.07, 6.45) is 0. The number of hydrogen-bond acceptors (Lipinski definition) is 5. The van der Waals surface area contributed by atoms with Gasteiger partial charge in [-0.15, -0.1) is 5.10 Å². The molecule has 0 saturated heterocycles. The molecule has 1 heterocycles. The first-order chi connectivity index (χ1) is 11.5. The van der Waals surface area contributed by atoms with Crippen LogP contribution in [-0.2, 0) is 0 Å². The second-order valence-electron chi connectivity index (χ2n) is 5.01. The van der Waals surface area contributed by atoms with Crippen molar-refractivity contribution in [1.29, 1.82) is 0 Å². The molecule has 0 saturated carbocycles. The highest BCUT2D eigenvalue weighted by molar-refractivity contribution is 6.30. The Morgan fingerprint density at radius 2 is 1.75 bits per heavy atom. The Morgan fingerprint density at radius 1 is 1.04 bits per heavy atom. The molecule has 0 aliphatic heterocycles. The Kier molecular flexibility index (Phi) is 4.39. The van der Waals surface area contributed by atoms with Gasteiger partial charge in [0.25, 0.3) is 5.91 Å². The zero-order valence-corrected chi connectivity index (χ0v) is 13.4. The van der Waals surface area contributed by atoms with Crippen molar-refractivity contribution in [3.63, 3.8) is 0 Å². The van der Waals surface area contributed by atoms with E-state index < -0.39 is 5.91 Å². The van der Waals surface area contributed by atoms with Gasteiger partial charge in [0.05, 0.1) is 0 Å². The molecule has 1 aromatic heterocycles. The lowest BCUT2D eigenvalue weighted by atomic mass is 10.1. The third-order valence-corrected chi connectivity index (χ3v) is 3.51. The first-order valence-corrected chi connectivity index (χ1v) is 7.42. The number of halogens is 1. The van der Waals surface area contributed by atoms with Crippen LogP contribution in [0.4, 0.5) is 6.01 Å². The number of aromatic nitrogens is 2. The molecule has 3 rings (SSSR count). The fourth-order valence-corrected chi connectivity index (χ4v) is 2.23. The summed E-state index contributed by atoms with van der Waals surface area (Å²) in [5, 5.41) is 10.7. The van der Waals surface area contributed by atoms with Crippen LogP contribution in [0, 0.1) is 0 Å². The van der Waals surface area contributed by atoms with Gasteiger partial charge in [-0.05, 0) is 37.3 Å². The van der Waals surface area contributed by atoms with Crippen LogP contribution in [-0.4, -0.2) is 21.9 Å². The summed E-state index contributed by atoms with van der Waals surface area (Å²) >= 11 is 5.92. The van der Waals surface area contributed by atoms with Crippen molar-refractivity contribution in [2.75, 3.05) is 5.32 Å². The highest BCUT2D eigenvalue weighted by atomic mass is 35.5. The summed E-state index contributed by atoms with van der Waals surface area (Å²) < 4.78 is 5.41. The van der Waals surface area contributed by atoms with Gasteiger partial charge in [0.15, 0.2) is 5.78 Å². The van der Waals surface area contributed by atoms with E-state index in [1.165, 1.54) is 6.92 Å². The summed E-state index contributed by atoms with van der Waals surface area (Å²) in [7, 11) is 0. The first kappa shape index (κ1) is 15.9. The van der Waals surface area contributed by atoms with Gasteiger partial charge < -0.3 is 4.42 Å². The van der Waals surface area contributed by atoms with Crippen molar-refractivity contribution in [2.45, 2.75) is 6.92 Å². The number of carbonyl (C=O) groups excluding carboxylic acids is 2. The molecule has 0 fully saturated rings. The summed E-state index contributed by atoms with van der Waals surface area (Å²) in [4.78, 5) is 23.4. The van der Waals surface area contributed by atoms with E-state index >= 15 is 0 Å². The standard InChI is InChI=1S/C17H12ClN3O3/c1-10(22)11-5-7-12(8-6-11)15(23)19-17-21-20-16(24-17)13-3-2-4-14(18)9-13/h2-9H,1H3,(H,19,21,23). The molecule has 0 aliphatic rings. The molecular weight excluding hydrogens is 330 g/mol. The number of ketones is 1. The first-order valence-electron chi connectivity index (χ1n) is 7.05. The second kappa shape index (κ2) is 6.64. The molecule has 24 heavy (non-hydrogen) atoms. The van der Waals surface area contributed by atoms with Crippen molar-refractivity contribution in [2.24, 2.45) is 0 Å². The zero-order valence-electron chi connectivity index (χ0n) is 12.6. The number of nitrogens with zero attached hydrogens (tertiary/aromatic N) is 2. The van der Waals surface area contributed by atoms with Crippen molar-refractivity contribution in [3.05, 3.63) is 64.7 Å². The maximum atomic E-state index is 12.2. The number of anilines is 1. The molecule has 0 atom stereocenters. The van der Waals surface area contributed by atoms with Gasteiger partial charge in [-0.2, -0.15) is 0 Å². The predicted octanol–water partition coefficient (Wildman–Crippen LogP) is 3.84. The number of rotatable bonds is 4. The van der Waals surface area contributed by atoms with E-state index in [-0.39, 0.29) is 17.7 Å². The van der Waals surface area contributed by atoms with Gasteiger partial charge in [-0.25, -0.2) is 0 Å². The average molecular weight is 342 g/mol. The Balaban J connectivity index is 1.74. The average Bonchev–Trinajstić information content (AvgIpc) is 3.03. The number of benzene rings is 2. The van der Waals surface area contributed by atoms with E-state index in [2.05, 4.69) is 15.5 Å². The van der Waals surface area contributed by atoms with Crippen LogP contribution < -0.4 is 5.32 Å². The fraction of sp³-hybridized carbons (Fsp3) is 0.0588. The lowest BCUT2D eigenvalue weighted by Crippen LogP contribution is -2.12. The minimum Gasteiger partial charge on any atom is -0.403 e. The predicted molar refractivity (Wildman–Crippen MR) is 89.1 cm³/mol. The molecule has 0 radical (unpaired) electrons. The number of hydrogen-bond donors (Lipinski definition) is 1. The molecular formula is C17H12ClN3O3. The number of amides is 1. The van der Waals surface area contributed by atoms with Crippen LogP contribution >= 0.6 is 11.6 Å². The number of Topliss-reactive ketones (excluding diaryl/α,β-unsaturated/α-hetero) is 1. The van der Waals surface area contributed by atoms with E-state index in [0.717, 1.165) is 0 Å². The topological polar surface area (TPSA) is 85.1 Å².